The molecule has 4 heterocycles. The fourth-order valence-corrected chi connectivity index (χ4v) is 9.08. The Morgan fingerprint density at radius 1 is 0.680 bits per heavy atom. The number of rotatable bonds is 22. The number of alkyl carbamates (subject to hydrolysis) is 1. The summed E-state index contributed by atoms with van der Waals surface area (Å²) in [4.78, 5) is 78.6. The minimum absolute atomic E-state index is 0.00347. The van der Waals surface area contributed by atoms with E-state index in [1.54, 1.807) is 75.3 Å². The van der Waals surface area contributed by atoms with E-state index in [0.29, 0.717) is 71.6 Å². The van der Waals surface area contributed by atoms with Crippen LogP contribution < -0.4 is 39.6 Å². The summed E-state index contributed by atoms with van der Waals surface area (Å²) in [5, 5.41) is 8.05. The number of aliphatic imine (C=N–C) groups is 2. The van der Waals surface area contributed by atoms with E-state index in [-0.39, 0.29) is 48.9 Å². The van der Waals surface area contributed by atoms with Crippen molar-refractivity contribution in [2.45, 2.75) is 83.6 Å². The smallest absolute Gasteiger partial charge is 0.408 e. The number of unbranched alkanes of at least 4 members (excludes halogenated alkanes) is 2. The predicted octanol–water partition coefficient (Wildman–Crippen LogP) is 8.34. The van der Waals surface area contributed by atoms with Crippen molar-refractivity contribution in [3.05, 3.63) is 126 Å². The zero-order chi connectivity index (χ0) is 53.2. The number of fused-ring (bicyclic) bond motifs is 4. The van der Waals surface area contributed by atoms with Gasteiger partial charge < -0.3 is 54.2 Å². The highest BCUT2D eigenvalue weighted by Crippen LogP contribution is 2.42. The summed E-state index contributed by atoms with van der Waals surface area (Å²) in [6.07, 6.45) is 11.5. The van der Waals surface area contributed by atoms with E-state index in [2.05, 4.69) is 22.5 Å². The van der Waals surface area contributed by atoms with E-state index < -0.39 is 24.1 Å². The topological polar surface area (TPSA) is 208 Å². The van der Waals surface area contributed by atoms with E-state index in [4.69, 9.17) is 38.4 Å². The van der Waals surface area contributed by atoms with Crippen molar-refractivity contribution in [2.24, 2.45) is 15.9 Å². The van der Waals surface area contributed by atoms with Crippen LogP contribution in [0.25, 0.3) is 11.1 Å². The van der Waals surface area contributed by atoms with E-state index in [1.807, 2.05) is 67.1 Å². The molecule has 0 saturated heterocycles. The molecule has 8 rings (SSSR count). The second-order valence-corrected chi connectivity index (χ2v) is 18.8. The fraction of sp³-hybridized carbons (Fsp3) is 0.351. The molecule has 4 aliphatic rings. The van der Waals surface area contributed by atoms with Crippen LogP contribution in [0.4, 0.5) is 16.2 Å². The number of hydrogen-bond donors (Lipinski definition) is 3. The van der Waals surface area contributed by atoms with E-state index in [9.17, 15) is 24.0 Å². The van der Waals surface area contributed by atoms with Gasteiger partial charge in [-0.05, 0) is 84.2 Å². The number of nitrogens with zero attached hydrogens (tertiary/aromatic N) is 4. The standard InChI is InChI=1S/C57H63N7O11/c1-8-20-75-57(69)62-52(34(2)3)54(66)61-35(4)53(65)60-29-36-12-14-37(15-13-36)39-23-41-30-58-46-27-50(48(71-6)25-44(46)55(67)63(41)32-39)73-21-10-9-11-22-74-51-28-47-45(26-49(51)72-7)56(68)64-33-40(24-42(64)31-59-47)38-16-18-43(70-5)19-17-38/h8,12-19,25-28,30-35,41-42,52H,1,9-11,20-24,29H2,2-7H3,(H,60,65)(H,61,66)(H,62,69)/t35-,41-,42-,52-/m0/s1. The SMILES string of the molecule is C=CCOC(=O)N[C@H](C(=O)N[C@@H](C)C(=O)NCc1ccc(C2=CN3C(=O)c4cc(OC)c(OCCCCCOc5cc6c(cc5OC)C(=O)N5C=C(c7ccc(OC)cc7)C[C@H]5C=N6)cc4N=C[C@@H]3C2)cc1)C(C)C. The van der Waals surface area contributed by atoms with Gasteiger partial charge in [-0.25, -0.2) is 4.79 Å². The Hall–Kier alpha value is -8.41. The van der Waals surface area contributed by atoms with Gasteiger partial charge in [-0.1, -0.05) is 62.9 Å². The van der Waals surface area contributed by atoms with E-state index in [1.165, 1.54) is 13.2 Å². The zero-order valence-corrected chi connectivity index (χ0v) is 43.1. The molecule has 4 aromatic carbocycles. The second-order valence-electron chi connectivity index (χ2n) is 18.8. The highest BCUT2D eigenvalue weighted by molar-refractivity contribution is 6.06. The lowest BCUT2D eigenvalue weighted by Crippen LogP contribution is -2.54. The van der Waals surface area contributed by atoms with Crippen LogP contribution in [0.15, 0.2) is 108 Å². The molecule has 3 N–H and O–H groups in total. The van der Waals surface area contributed by atoms with Gasteiger partial charge in [0.05, 0.1) is 69.1 Å². The summed E-state index contributed by atoms with van der Waals surface area (Å²) >= 11 is 0. The van der Waals surface area contributed by atoms with Crippen molar-refractivity contribution in [1.82, 2.24) is 25.8 Å². The Morgan fingerprint density at radius 3 is 1.68 bits per heavy atom. The molecule has 0 bridgehead atoms. The predicted molar refractivity (Wildman–Crippen MR) is 284 cm³/mol. The minimum atomic E-state index is -0.897. The average Bonchev–Trinajstić information content (AvgIpc) is 4.01. The number of ether oxygens (including phenoxy) is 6. The molecule has 75 heavy (non-hydrogen) atoms. The summed E-state index contributed by atoms with van der Waals surface area (Å²) in [6, 6.07) is 20.1. The van der Waals surface area contributed by atoms with E-state index in [0.717, 1.165) is 52.8 Å². The van der Waals surface area contributed by atoms with Gasteiger partial charge in [-0.2, -0.15) is 0 Å². The summed E-state index contributed by atoms with van der Waals surface area (Å²) < 4.78 is 34.0. The molecule has 392 valence electrons. The molecule has 0 aliphatic carbocycles. The van der Waals surface area contributed by atoms with Crippen LogP contribution in [0.2, 0.25) is 0 Å². The van der Waals surface area contributed by atoms with Crippen molar-refractivity contribution in [3.8, 4) is 28.7 Å². The quantitative estimate of drug-likeness (QED) is 0.0504. The minimum Gasteiger partial charge on any atom is -0.497 e. The summed E-state index contributed by atoms with van der Waals surface area (Å²) in [6.45, 7) is 9.66. The van der Waals surface area contributed by atoms with Crippen LogP contribution in [0, 0.1) is 5.92 Å². The van der Waals surface area contributed by atoms with Crippen molar-refractivity contribution in [1.29, 1.82) is 0 Å². The molecule has 4 aromatic rings. The lowest BCUT2D eigenvalue weighted by atomic mass is 10.0. The largest absolute Gasteiger partial charge is 0.497 e. The monoisotopic (exact) mass is 1020 g/mol. The maximum Gasteiger partial charge on any atom is 0.408 e. The summed E-state index contributed by atoms with van der Waals surface area (Å²) in [5.74, 6) is 1.12. The molecule has 0 unspecified atom stereocenters. The lowest BCUT2D eigenvalue weighted by Gasteiger charge is -2.23. The molecule has 4 atom stereocenters. The first-order chi connectivity index (χ1) is 36.3. The molecular weight excluding hydrogens is 959 g/mol. The lowest BCUT2D eigenvalue weighted by molar-refractivity contribution is -0.130. The normalized spacial score (nSPS) is 16.9. The van der Waals surface area contributed by atoms with Gasteiger partial charge in [0, 0.05) is 56.3 Å². The maximum absolute atomic E-state index is 14.0. The van der Waals surface area contributed by atoms with Gasteiger partial charge in [0.15, 0.2) is 23.0 Å². The van der Waals surface area contributed by atoms with Gasteiger partial charge in [-0.3, -0.25) is 29.2 Å². The summed E-state index contributed by atoms with van der Waals surface area (Å²) in [7, 11) is 4.72. The van der Waals surface area contributed by atoms with Crippen molar-refractivity contribution >= 4 is 64.7 Å². The van der Waals surface area contributed by atoms with Crippen molar-refractivity contribution in [3.63, 3.8) is 0 Å². The third kappa shape index (κ3) is 12.3. The number of carbonyl (C=O) groups excluding carboxylic acids is 5. The highest BCUT2D eigenvalue weighted by atomic mass is 16.5. The molecule has 5 amide bonds. The second kappa shape index (κ2) is 24.1. The molecule has 18 nitrogen and oxygen atoms in total. The molecular formula is C57H63N7O11. The fourth-order valence-electron chi connectivity index (χ4n) is 9.08. The average molecular weight is 1020 g/mol. The number of benzene rings is 4. The van der Waals surface area contributed by atoms with Crippen molar-refractivity contribution in [2.75, 3.05) is 41.2 Å². The van der Waals surface area contributed by atoms with Crippen molar-refractivity contribution < 1.29 is 52.4 Å². The van der Waals surface area contributed by atoms with Crippen LogP contribution in [0.3, 0.4) is 0 Å². The summed E-state index contributed by atoms with van der Waals surface area (Å²) in [5.41, 5.74) is 6.64. The highest BCUT2D eigenvalue weighted by Gasteiger charge is 2.35. The van der Waals surface area contributed by atoms with Crippen LogP contribution in [-0.4, -0.2) is 117 Å². The van der Waals surface area contributed by atoms with E-state index >= 15 is 0 Å². The zero-order valence-electron chi connectivity index (χ0n) is 43.1. The number of hydrogen-bond acceptors (Lipinski definition) is 13. The van der Waals surface area contributed by atoms with Gasteiger partial charge in [0.25, 0.3) is 11.8 Å². The first kappa shape index (κ1) is 52.9. The van der Waals surface area contributed by atoms with Crippen LogP contribution in [-0.2, 0) is 20.9 Å². The van der Waals surface area contributed by atoms with Gasteiger partial charge in [0.1, 0.15) is 24.4 Å². The third-order valence-corrected chi connectivity index (χ3v) is 13.3. The Balaban J connectivity index is 0.795. The molecule has 0 fully saturated rings. The van der Waals surface area contributed by atoms with Crippen LogP contribution in [0.1, 0.15) is 90.3 Å². The molecule has 18 heteroatoms. The first-order valence-electron chi connectivity index (χ1n) is 25.0. The Bertz CT molecular complexity index is 2930. The molecule has 4 aliphatic heterocycles. The third-order valence-electron chi connectivity index (χ3n) is 13.3. The first-order valence-corrected chi connectivity index (χ1v) is 25.0. The molecule has 0 saturated carbocycles. The number of methoxy groups -OCH3 is 3. The molecule has 0 aromatic heterocycles. The Morgan fingerprint density at radius 2 is 1.20 bits per heavy atom. The van der Waals surface area contributed by atoms with Gasteiger partial charge >= 0.3 is 6.09 Å². The van der Waals surface area contributed by atoms with Gasteiger partial charge in [0.2, 0.25) is 11.8 Å². The molecule has 0 spiro atoms. The molecule has 0 radical (unpaired) electrons. The number of carbonyl (C=O) groups is 5. The Kier molecular flexibility index (Phi) is 17.0. The Labute approximate surface area is 436 Å². The maximum atomic E-state index is 14.0. The number of amides is 5. The van der Waals surface area contributed by atoms with Crippen LogP contribution in [0.5, 0.6) is 28.7 Å². The van der Waals surface area contributed by atoms with Gasteiger partial charge in [-0.15, -0.1) is 0 Å². The number of nitrogens with one attached hydrogen (secondary N) is 3. The van der Waals surface area contributed by atoms with Crippen LogP contribution >= 0.6 is 0 Å².